The zero-order chi connectivity index (χ0) is 13.7. The van der Waals surface area contributed by atoms with Gasteiger partial charge in [-0.2, -0.15) is 16.7 Å². The maximum atomic E-state index is 11.0. The molecule has 104 valence electrons. The second-order valence-corrected chi connectivity index (χ2v) is 5.47. The molecule has 0 unspecified atom stereocenters. The molecule has 0 radical (unpaired) electrons. The third kappa shape index (κ3) is 3.69. The highest BCUT2D eigenvalue weighted by molar-refractivity contribution is 7.99. The van der Waals surface area contributed by atoms with Gasteiger partial charge in [-0.1, -0.05) is 0 Å². The minimum atomic E-state index is -0.449. The van der Waals surface area contributed by atoms with E-state index in [1.54, 1.807) is 0 Å². The van der Waals surface area contributed by atoms with Crippen molar-refractivity contribution in [3.8, 4) is 0 Å². The first-order valence-corrected chi connectivity index (χ1v) is 7.45. The average Bonchev–Trinajstić information content (AvgIpc) is 2.40. The van der Waals surface area contributed by atoms with Gasteiger partial charge in [0.2, 0.25) is 11.8 Å². The Morgan fingerprint density at radius 2 is 2.26 bits per heavy atom. The molecule has 1 fully saturated rings. The number of rotatable bonds is 5. The molecule has 0 spiro atoms. The van der Waals surface area contributed by atoms with E-state index in [1.165, 1.54) is 6.20 Å². The lowest BCUT2D eigenvalue weighted by molar-refractivity contribution is -0.384. The molecule has 1 aromatic heterocycles. The number of aromatic nitrogens is 2. The van der Waals surface area contributed by atoms with Crippen molar-refractivity contribution in [3.05, 3.63) is 16.3 Å². The average molecular weight is 283 g/mol. The van der Waals surface area contributed by atoms with Crippen molar-refractivity contribution < 1.29 is 4.92 Å². The summed E-state index contributed by atoms with van der Waals surface area (Å²) in [5.74, 6) is 2.89. The van der Waals surface area contributed by atoms with Crippen LogP contribution >= 0.6 is 11.8 Å². The van der Waals surface area contributed by atoms with Crippen LogP contribution in [0, 0.1) is 10.1 Å². The molecule has 0 amide bonds. The molecule has 0 aromatic carbocycles. The predicted octanol–water partition coefficient (Wildman–Crippen LogP) is 2.12. The Kier molecular flexibility index (Phi) is 4.78. The predicted molar refractivity (Wildman–Crippen MR) is 76.8 cm³/mol. The monoisotopic (exact) mass is 283 g/mol. The van der Waals surface area contributed by atoms with Crippen molar-refractivity contribution in [2.75, 3.05) is 28.7 Å². The first-order chi connectivity index (χ1) is 9.20. The minimum absolute atomic E-state index is 0.0696. The molecule has 1 aliphatic rings. The van der Waals surface area contributed by atoms with E-state index >= 15 is 0 Å². The van der Waals surface area contributed by atoms with E-state index in [4.69, 9.17) is 0 Å². The van der Waals surface area contributed by atoms with Crippen molar-refractivity contribution in [2.24, 2.45) is 0 Å². The zero-order valence-electron chi connectivity index (χ0n) is 10.8. The van der Waals surface area contributed by atoms with E-state index in [2.05, 4.69) is 20.6 Å². The van der Waals surface area contributed by atoms with Crippen LogP contribution in [0.3, 0.4) is 0 Å². The second kappa shape index (κ2) is 6.55. The van der Waals surface area contributed by atoms with Crippen molar-refractivity contribution in [3.63, 3.8) is 0 Å². The van der Waals surface area contributed by atoms with Gasteiger partial charge in [-0.3, -0.25) is 10.1 Å². The van der Waals surface area contributed by atoms with Gasteiger partial charge in [0.1, 0.15) is 6.20 Å². The Balaban J connectivity index is 2.18. The first-order valence-electron chi connectivity index (χ1n) is 6.30. The third-order valence-electron chi connectivity index (χ3n) is 2.86. The molecule has 1 aromatic rings. The highest BCUT2D eigenvalue weighted by atomic mass is 32.2. The van der Waals surface area contributed by atoms with Crippen LogP contribution in [0.15, 0.2) is 6.20 Å². The van der Waals surface area contributed by atoms with Gasteiger partial charge in [-0.05, 0) is 31.3 Å². The van der Waals surface area contributed by atoms with Crippen LogP contribution in [-0.4, -0.2) is 39.0 Å². The van der Waals surface area contributed by atoms with Gasteiger partial charge in [-0.15, -0.1) is 0 Å². The molecule has 7 nitrogen and oxygen atoms in total. The van der Waals surface area contributed by atoms with E-state index in [0.29, 0.717) is 18.3 Å². The fraction of sp³-hybridized carbons (Fsp3) is 0.636. The summed E-state index contributed by atoms with van der Waals surface area (Å²) in [5, 5.41) is 17.1. The van der Waals surface area contributed by atoms with Gasteiger partial charge in [0.25, 0.3) is 0 Å². The Morgan fingerprint density at radius 1 is 1.53 bits per heavy atom. The van der Waals surface area contributed by atoms with Crippen LogP contribution in [0.2, 0.25) is 0 Å². The highest BCUT2D eigenvalue weighted by Crippen LogP contribution is 2.26. The van der Waals surface area contributed by atoms with E-state index in [9.17, 15) is 10.1 Å². The number of thioether (sulfide) groups is 1. The molecule has 8 heteroatoms. The summed E-state index contributed by atoms with van der Waals surface area (Å²) in [4.78, 5) is 18.7. The summed E-state index contributed by atoms with van der Waals surface area (Å²) >= 11 is 1.91. The van der Waals surface area contributed by atoms with Gasteiger partial charge in [0.15, 0.2) is 0 Å². The van der Waals surface area contributed by atoms with Crippen LogP contribution < -0.4 is 10.6 Å². The Labute approximate surface area is 115 Å². The lowest BCUT2D eigenvalue weighted by Gasteiger charge is -2.22. The quantitative estimate of drug-likeness (QED) is 0.631. The molecule has 0 bridgehead atoms. The number of hydrogen-bond donors (Lipinski definition) is 2. The van der Waals surface area contributed by atoms with Crippen LogP contribution in [0.1, 0.15) is 19.8 Å². The molecular weight excluding hydrogens is 266 g/mol. The van der Waals surface area contributed by atoms with Gasteiger partial charge >= 0.3 is 5.69 Å². The molecule has 0 atom stereocenters. The molecule has 19 heavy (non-hydrogen) atoms. The summed E-state index contributed by atoms with van der Waals surface area (Å²) in [6, 6.07) is 0.254. The summed E-state index contributed by atoms with van der Waals surface area (Å²) in [6.07, 6.45) is 3.26. The maximum absolute atomic E-state index is 11.0. The van der Waals surface area contributed by atoms with Gasteiger partial charge in [-0.25, -0.2) is 4.98 Å². The van der Waals surface area contributed by atoms with Gasteiger partial charge in [0, 0.05) is 12.6 Å². The van der Waals surface area contributed by atoms with Crippen molar-refractivity contribution in [1.29, 1.82) is 0 Å². The molecule has 2 heterocycles. The topological polar surface area (TPSA) is 93.0 Å². The lowest BCUT2D eigenvalue weighted by Crippen LogP contribution is -2.25. The van der Waals surface area contributed by atoms with Crippen LogP contribution in [0.25, 0.3) is 0 Å². The van der Waals surface area contributed by atoms with Crippen molar-refractivity contribution >= 4 is 29.2 Å². The fourth-order valence-corrected chi connectivity index (χ4v) is 3.00. The number of hydrogen-bond acceptors (Lipinski definition) is 7. The molecule has 2 N–H and O–H groups in total. The molecule has 0 saturated carbocycles. The van der Waals surface area contributed by atoms with Gasteiger partial charge < -0.3 is 10.6 Å². The number of anilines is 2. The van der Waals surface area contributed by atoms with E-state index in [-0.39, 0.29) is 11.7 Å². The third-order valence-corrected chi connectivity index (χ3v) is 3.91. The maximum Gasteiger partial charge on any atom is 0.329 e. The van der Waals surface area contributed by atoms with Crippen LogP contribution in [0.4, 0.5) is 17.5 Å². The summed E-state index contributed by atoms with van der Waals surface area (Å²) in [7, 11) is 0. The SMILES string of the molecule is CCNc1ncc([N+](=O)[O-])c(NC2CCSCC2)n1. The number of nitrogens with one attached hydrogen (secondary N) is 2. The molecule has 1 aliphatic heterocycles. The molecule has 0 aliphatic carbocycles. The molecular formula is C11H17N5O2S. The minimum Gasteiger partial charge on any atom is -0.361 e. The second-order valence-electron chi connectivity index (χ2n) is 4.25. The normalized spacial score (nSPS) is 16.1. The summed E-state index contributed by atoms with van der Waals surface area (Å²) in [5.41, 5.74) is -0.0696. The van der Waals surface area contributed by atoms with Crippen LogP contribution in [0.5, 0.6) is 0 Å². The van der Waals surface area contributed by atoms with Crippen molar-refractivity contribution in [1.82, 2.24) is 9.97 Å². The summed E-state index contributed by atoms with van der Waals surface area (Å²) in [6.45, 7) is 2.60. The first kappa shape index (κ1) is 13.9. The van der Waals surface area contributed by atoms with E-state index in [0.717, 1.165) is 24.3 Å². The Morgan fingerprint density at radius 3 is 2.89 bits per heavy atom. The fourth-order valence-electron chi connectivity index (χ4n) is 1.89. The smallest absolute Gasteiger partial charge is 0.329 e. The number of nitrogens with zero attached hydrogens (tertiary/aromatic N) is 3. The zero-order valence-corrected chi connectivity index (χ0v) is 11.6. The molecule has 2 rings (SSSR count). The lowest BCUT2D eigenvalue weighted by atomic mass is 10.1. The van der Waals surface area contributed by atoms with E-state index < -0.39 is 4.92 Å². The van der Waals surface area contributed by atoms with E-state index in [1.807, 2.05) is 18.7 Å². The number of nitro groups is 1. The largest absolute Gasteiger partial charge is 0.361 e. The summed E-state index contributed by atoms with van der Waals surface area (Å²) < 4.78 is 0. The van der Waals surface area contributed by atoms with Gasteiger partial charge in [0.05, 0.1) is 4.92 Å². The molecule has 1 saturated heterocycles. The van der Waals surface area contributed by atoms with Crippen molar-refractivity contribution in [2.45, 2.75) is 25.8 Å². The Bertz CT molecular complexity index is 451. The highest BCUT2D eigenvalue weighted by Gasteiger charge is 2.21. The standard InChI is InChI=1S/C11H17N5O2S/c1-2-12-11-13-7-9(16(17)18)10(15-11)14-8-3-5-19-6-4-8/h7-8H,2-6H2,1H3,(H2,12,13,14,15). The van der Waals surface area contributed by atoms with Crippen LogP contribution in [-0.2, 0) is 0 Å². The Hall–Kier alpha value is -1.57.